The van der Waals surface area contributed by atoms with Crippen LogP contribution in [0.15, 0.2) is 40.9 Å². The second-order valence-corrected chi connectivity index (χ2v) is 5.22. The van der Waals surface area contributed by atoms with E-state index >= 15 is 0 Å². The van der Waals surface area contributed by atoms with Gasteiger partial charge < -0.3 is 10.4 Å². The van der Waals surface area contributed by atoms with Gasteiger partial charge in [0.15, 0.2) is 0 Å². The number of nitrogens with one attached hydrogen (secondary N) is 1. The number of phenolic OH excluding ortho intramolecular Hbond substituents is 1. The lowest BCUT2D eigenvalue weighted by Crippen LogP contribution is -2.12. The first-order valence-corrected chi connectivity index (χ1v) is 6.64. The number of carbonyl (C=O) groups is 1. The molecule has 3 nitrogen and oxygen atoms in total. The van der Waals surface area contributed by atoms with E-state index in [2.05, 4.69) is 21.2 Å². The third kappa shape index (κ3) is 2.96. The van der Waals surface area contributed by atoms with Crippen LogP contribution in [0, 0.1) is 13.8 Å². The third-order valence-corrected chi connectivity index (χ3v) is 3.73. The summed E-state index contributed by atoms with van der Waals surface area (Å²) < 4.78 is 0.566. The van der Waals surface area contributed by atoms with Gasteiger partial charge in [-0.1, -0.05) is 12.1 Å². The van der Waals surface area contributed by atoms with Gasteiger partial charge in [-0.05, 0) is 65.2 Å². The summed E-state index contributed by atoms with van der Waals surface area (Å²) in [7, 11) is 0. The number of aromatic hydroxyl groups is 1. The van der Waals surface area contributed by atoms with Crippen LogP contribution in [-0.4, -0.2) is 11.0 Å². The van der Waals surface area contributed by atoms with Crippen molar-refractivity contribution in [2.24, 2.45) is 0 Å². The highest BCUT2D eigenvalue weighted by Gasteiger charge is 2.10. The van der Waals surface area contributed by atoms with Crippen molar-refractivity contribution in [1.29, 1.82) is 0 Å². The van der Waals surface area contributed by atoms with E-state index in [0.29, 0.717) is 10.0 Å². The van der Waals surface area contributed by atoms with E-state index in [4.69, 9.17) is 0 Å². The minimum absolute atomic E-state index is 0.0496. The van der Waals surface area contributed by atoms with Crippen LogP contribution in [0.1, 0.15) is 21.5 Å². The highest BCUT2D eigenvalue weighted by Crippen LogP contribution is 2.25. The standard InChI is InChI=1S/C15H14BrNO2/c1-9-4-3-5-13(10(9)2)17-15(19)11-6-7-12(16)14(18)8-11/h3-8,18H,1-2H3,(H,17,19). The molecule has 0 aliphatic carbocycles. The fourth-order valence-electron chi connectivity index (χ4n) is 1.73. The maximum atomic E-state index is 12.1. The average Bonchev–Trinajstić information content (AvgIpc) is 2.38. The number of hydrogen-bond acceptors (Lipinski definition) is 2. The summed E-state index contributed by atoms with van der Waals surface area (Å²) in [5.74, 6) is -0.190. The van der Waals surface area contributed by atoms with Gasteiger partial charge in [-0.15, -0.1) is 0 Å². The molecule has 2 aromatic carbocycles. The SMILES string of the molecule is Cc1cccc(NC(=O)c2ccc(Br)c(O)c2)c1C. The van der Waals surface area contributed by atoms with E-state index in [1.807, 2.05) is 32.0 Å². The molecule has 2 aromatic rings. The van der Waals surface area contributed by atoms with Crippen molar-refractivity contribution in [3.63, 3.8) is 0 Å². The summed E-state index contributed by atoms with van der Waals surface area (Å²) in [6, 6.07) is 10.5. The summed E-state index contributed by atoms with van der Waals surface area (Å²) in [6.45, 7) is 3.96. The molecule has 2 N–H and O–H groups in total. The molecule has 19 heavy (non-hydrogen) atoms. The smallest absolute Gasteiger partial charge is 0.255 e. The number of rotatable bonds is 2. The molecule has 0 saturated carbocycles. The van der Waals surface area contributed by atoms with Crippen LogP contribution in [0.5, 0.6) is 5.75 Å². The summed E-state index contributed by atoms with van der Waals surface area (Å²) in [6.07, 6.45) is 0. The number of halogens is 1. The Labute approximate surface area is 120 Å². The third-order valence-electron chi connectivity index (χ3n) is 3.06. The van der Waals surface area contributed by atoms with Gasteiger partial charge in [-0.25, -0.2) is 0 Å². The average molecular weight is 320 g/mol. The van der Waals surface area contributed by atoms with Crippen LogP contribution in [0.25, 0.3) is 0 Å². The van der Waals surface area contributed by atoms with Crippen molar-refractivity contribution in [3.05, 3.63) is 57.6 Å². The Morgan fingerprint density at radius 3 is 2.63 bits per heavy atom. The molecular formula is C15H14BrNO2. The first-order valence-electron chi connectivity index (χ1n) is 5.85. The van der Waals surface area contributed by atoms with Crippen molar-refractivity contribution in [3.8, 4) is 5.75 Å². The number of anilines is 1. The summed E-state index contributed by atoms with van der Waals surface area (Å²) in [5, 5.41) is 12.4. The fourth-order valence-corrected chi connectivity index (χ4v) is 1.98. The van der Waals surface area contributed by atoms with Crippen molar-refractivity contribution < 1.29 is 9.90 Å². The number of aryl methyl sites for hydroxylation is 1. The molecular weight excluding hydrogens is 306 g/mol. The maximum absolute atomic E-state index is 12.1. The minimum atomic E-state index is -0.239. The van der Waals surface area contributed by atoms with E-state index in [-0.39, 0.29) is 11.7 Å². The van der Waals surface area contributed by atoms with Gasteiger partial charge in [0.2, 0.25) is 0 Å². The van der Waals surface area contributed by atoms with Gasteiger partial charge in [0.05, 0.1) is 4.47 Å². The predicted molar refractivity (Wildman–Crippen MR) is 79.7 cm³/mol. The molecule has 0 saturated heterocycles. The molecule has 0 fully saturated rings. The molecule has 0 bridgehead atoms. The van der Waals surface area contributed by atoms with Crippen LogP contribution in [-0.2, 0) is 0 Å². The largest absolute Gasteiger partial charge is 0.507 e. The molecule has 0 spiro atoms. The Kier molecular flexibility index (Phi) is 3.90. The topological polar surface area (TPSA) is 49.3 Å². The molecule has 0 aliphatic rings. The quantitative estimate of drug-likeness (QED) is 0.878. The van der Waals surface area contributed by atoms with Gasteiger partial charge in [-0.2, -0.15) is 0 Å². The molecule has 4 heteroatoms. The lowest BCUT2D eigenvalue weighted by atomic mass is 10.1. The normalized spacial score (nSPS) is 10.3. The number of carbonyl (C=O) groups excluding carboxylic acids is 1. The van der Waals surface area contributed by atoms with E-state index in [9.17, 15) is 9.90 Å². The highest BCUT2D eigenvalue weighted by molar-refractivity contribution is 9.10. The highest BCUT2D eigenvalue weighted by atomic mass is 79.9. The fraction of sp³-hybridized carbons (Fsp3) is 0.133. The van der Waals surface area contributed by atoms with Crippen LogP contribution >= 0.6 is 15.9 Å². The monoisotopic (exact) mass is 319 g/mol. The lowest BCUT2D eigenvalue weighted by molar-refractivity contribution is 0.102. The molecule has 0 heterocycles. The maximum Gasteiger partial charge on any atom is 0.255 e. The number of hydrogen-bond donors (Lipinski definition) is 2. The van der Waals surface area contributed by atoms with Gasteiger partial charge in [0, 0.05) is 11.3 Å². The number of amides is 1. The zero-order chi connectivity index (χ0) is 14.0. The molecule has 2 rings (SSSR count). The molecule has 1 amide bonds. The molecule has 0 aromatic heterocycles. The van der Waals surface area contributed by atoms with Gasteiger partial charge in [0.25, 0.3) is 5.91 Å². The number of benzene rings is 2. The van der Waals surface area contributed by atoms with Crippen LogP contribution in [0.2, 0.25) is 0 Å². The van der Waals surface area contributed by atoms with Crippen LogP contribution < -0.4 is 5.32 Å². The molecule has 0 radical (unpaired) electrons. The Morgan fingerprint density at radius 2 is 1.95 bits per heavy atom. The Balaban J connectivity index is 2.26. The zero-order valence-electron chi connectivity index (χ0n) is 10.7. The van der Waals surface area contributed by atoms with Gasteiger partial charge >= 0.3 is 0 Å². The Hall–Kier alpha value is -1.81. The van der Waals surface area contributed by atoms with Crippen molar-refractivity contribution in [2.75, 3.05) is 5.32 Å². The van der Waals surface area contributed by atoms with Crippen LogP contribution in [0.3, 0.4) is 0 Å². The Bertz CT molecular complexity index is 638. The van der Waals surface area contributed by atoms with Gasteiger partial charge in [-0.3, -0.25) is 4.79 Å². The summed E-state index contributed by atoms with van der Waals surface area (Å²) in [4.78, 5) is 12.1. The zero-order valence-corrected chi connectivity index (χ0v) is 12.3. The molecule has 98 valence electrons. The minimum Gasteiger partial charge on any atom is -0.507 e. The molecule has 0 atom stereocenters. The van der Waals surface area contributed by atoms with Crippen molar-refractivity contribution in [2.45, 2.75) is 13.8 Å². The summed E-state index contributed by atoms with van der Waals surface area (Å²) >= 11 is 3.18. The van der Waals surface area contributed by atoms with Crippen molar-refractivity contribution in [1.82, 2.24) is 0 Å². The molecule has 0 unspecified atom stereocenters. The Morgan fingerprint density at radius 1 is 1.21 bits per heavy atom. The second-order valence-electron chi connectivity index (χ2n) is 4.37. The van der Waals surface area contributed by atoms with E-state index < -0.39 is 0 Å². The summed E-state index contributed by atoms with van der Waals surface area (Å²) in [5.41, 5.74) is 3.36. The lowest BCUT2D eigenvalue weighted by Gasteiger charge is -2.10. The number of phenols is 1. The first-order chi connectivity index (χ1) is 8.99. The van der Waals surface area contributed by atoms with Gasteiger partial charge in [0.1, 0.15) is 5.75 Å². The predicted octanol–water partition coefficient (Wildman–Crippen LogP) is 4.02. The van der Waals surface area contributed by atoms with E-state index in [1.54, 1.807) is 12.1 Å². The molecule has 0 aliphatic heterocycles. The van der Waals surface area contributed by atoms with Crippen LogP contribution in [0.4, 0.5) is 5.69 Å². The van der Waals surface area contributed by atoms with E-state index in [1.165, 1.54) is 6.07 Å². The van der Waals surface area contributed by atoms with E-state index in [0.717, 1.165) is 16.8 Å². The second kappa shape index (κ2) is 5.45. The van der Waals surface area contributed by atoms with Crippen molar-refractivity contribution >= 4 is 27.5 Å². The first kappa shape index (κ1) is 13.6.